The highest BCUT2D eigenvalue weighted by molar-refractivity contribution is 7.17. The molecule has 0 aliphatic carbocycles. The molecule has 5 heteroatoms. The van der Waals surface area contributed by atoms with Crippen LogP contribution in [0.15, 0.2) is 66.3 Å². The summed E-state index contributed by atoms with van der Waals surface area (Å²) in [6.07, 6.45) is 1.70. The lowest BCUT2D eigenvalue weighted by Crippen LogP contribution is -2.44. The molecule has 2 aromatic carbocycles. The van der Waals surface area contributed by atoms with Crippen molar-refractivity contribution in [2.24, 2.45) is 0 Å². The summed E-state index contributed by atoms with van der Waals surface area (Å²) >= 11 is 1.70. The van der Waals surface area contributed by atoms with Crippen molar-refractivity contribution in [3.8, 4) is 22.3 Å². The molecule has 4 aromatic rings. The van der Waals surface area contributed by atoms with E-state index in [2.05, 4.69) is 86.8 Å². The van der Waals surface area contributed by atoms with Crippen molar-refractivity contribution >= 4 is 27.4 Å². The van der Waals surface area contributed by atoms with E-state index in [0.29, 0.717) is 0 Å². The molecule has 1 aliphatic heterocycles. The van der Waals surface area contributed by atoms with Gasteiger partial charge in [0.2, 0.25) is 0 Å². The molecule has 1 saturated heterocycles. The maximum absolute atomic E-state index is 4.68. The zero-order chi connectivity index (χ0) is 18.9. The average Bonchev–Trinajstić information content (AvgIpc) is 3.19. The zero-order valence-electron chi connectivity index (χ0n) is 15.9. The van der Waals surface area contributed by atoms with Crippen LogP contribution < -0.4 is 4.90 Å². The molecule has 3 heterocycles. The Bertz CT molecular complexity index is 1080. The second-order valence-electron chi connectivity index (χ2n) is 7.26. The van der Waals surface area contributed by atoms with Crippen molar-refractivity contribution in [2.45, 2.75) is 0 Å². The third kappa shape index (κ3) is 3.17. The summed E-state index contributed by atoms with van der Waals surface area (Å²) in [7, 11) is 2.18. The number of nitrogens with zero attached hydrogens (tertiary/aromatic N) is 4. The van der Waals surface area contributed by atoms with Gasteiger partial charge in [-0.1, -0.05) is 54.6 Å². The summed E-state index contributed by atoms with van der Waals surface area (Å²) < 4.78 is 0. The number of benzene rings is 2. The van der Waals surface area contributed by atoms with Crippen molar-refractivity contribution in [2.75, 3.05) is 38.1 Å². The SMILES string of the molecule is CN1CCN(c2ncnc3scc(-c4ccc(-c5ccccc5)cc4)c23)CC1. The van der Waals surface area contributed by atoms with Gasteiger partial charge in [-0.05, 0) is 23.7 Å². The van der Waals surface area contributed by atoms with Crippen molar-refractivity contribution in [3.63, 3.8) is 0 Å². The molecular formula is C23H22N4S. The molecule has 4 nitrogen and oxygen atoms in total. The standard InChI is InChI=1S/C23H22N4S/c1-26-11-13-27(14-12-26)22-21-20(15-28-23(21)25-16-24-22)19-9-7-18(8-10-19)17-5-3-2-4-6-17/h2-10,15-16H,11-14H2,1H3. The van der Waals surface area contributed by atoms with Gasteiger partial charge in [-0.3, -0.25) is 0 Å². The molecule has 1 aliphatic rings. The Morgan fingerprint density at radius 1 is 0.786 bits per heavy atom. The van der Waals surface area contributed by atoms with Gasteiger partial charge < -0.3 is 9.80 Å². The van der Waals surface area contributed by atoms with Crippen LogP contribution in [0.4, 0.5) is 5.82 Å². The smallest absolute Gasteiger partial charge is 0.141 e. The number of anilines is 1. The Kier molecular flexibility index (Phi) is 4.55. The molecule has 0 saturated carbocycles. The number of thiophene rings is 1. The monoisotopic (exact) mass is 386 g/mol. The number of likely N-dealkylation sites (N-methyl/N-ethyl adjacent to an activating group) is 1. The number of aromatic nitrogens is 2. The molecule has 2 aromatic heterocycles. The number of fused-ring (bicyclic) bond motifs is 1. The summed E-state index contributed by atoms with van der Waals surface area (Å²) in [6, 6.07) is 19.3. The molecule has 5 rings (SSSR count). The molecule has 0 radical (unpaired) electrons. The quantitative estimate of drug-likeness (QED) is 0.507. The van der Waals surface area contributed by atoms with E-state index in [4.69, 9.17) is 0 Å². The number of rotatable bonds is 3. The highest BCUT2D eigenvalue weighted by Crippen LogP contribution is 2.38. The Labute approximate surface area is 169 Å². The van der Waals surface area contributed by atoms with E-state index in [-0.39, 0.29) is 0 Å². The van der Waals surface area contributed by atoms with Crippen LogP contribution in [0.3, 0.4) is 0 Å². The van der Waals surface area contributed by atoms with Gasteiger partial charge in [-0.25, -0.2) is 9.97 Å². The average molecular weight is 387 g/mol. The minimum Gasteiger partial charge on any atom is -0.353 e. The second-order valence-corrected chi connectivity index (χ2v) is 8.12. The van der Waals surface area contributed by atoms with Gasteiger partial charge in [0.05, 0.1) is 5.39 Å². The van der Waals surface area contributed by atoms with Crippen LogP contribution in [0, 0.1) is 0 Å². The fourth-order valence-electron chi connectivity index (χ4n) is 3.80. The molecule has 28 heavy (non-hydrogen) atoms. The Morgan fingerprint density at radius 3 is 2.21 bits per heavy atom. The largest absolute Gasteiger partial charge is 0.353 e. The minimum absolute atomic E-state index is 1.00. The molecular weight excluding hydrogens is 364 g/mol. The lowest BCUT2D eigenvalue weighted by atomic mass is 10.0. The molecule has 0 unspecified atom stereocenters. The van der Waals surface area contributed by atoms with E-state index in [0.717, 1.165) is 36.8 Å². The van der Waals surface area contributed by atoms with Gasteiger partial charge in [-0.2, -0.15) is 0 Å². The normalized spacial score (nSPS) is 15.2. The first-order chi connectivity index (χ1) is 13.8. The predicted molar refractivity (Wildman–Crippen MR) is 118 cm³/mol. The third-order valence-corrected chi connectivity index (χ3v) is 6.34. The van der Waals surface area contributed by atoms with Crippen molar-refractivity contribution in [3.05, 3.63) is 66.3 Å². The van der Waals surface area contributed by atoms with Crippen molar-refractivity contribution in [1.29, 1.82) is 0 Å². The molecule has 0 bridgehead atoms. The van der Waals surface area contributed by atoms with E-state index in [1.54, 1.807) is 17.7 Å². The van der Waals surface area contributed by atoms with Gasteiger partial charge in [0.25, 0.3) is 0 Å². The van der Waals surface area contributed by atoms with Crippen molar-refractivity contribution < 1.29 is 0 Å². The Balaban J connectivity index is 1.54. The predicted octanol–water partition coefficient (Wildman–Crippen LogP) is 4.78. The summed E-state index contributed by atoms with van der Waals surface area (Å²) in [5.41, 5.74) is 4.93. The molecule has 0 atom stereocenters. The van der Waals surface area contributed by atoms with Gasteiger partial charge in [0.15, 0.2) is 0 Å². The highest BCUT2D eigenvalue weighted by Gasteiger charge is 2.21. The summed E-state index contributed by atoms with van der Waals surface area (Å²) in [6.45, 7) is 4.14. The van der Waals surface area contributed by atoms with Crippen LogP contribution in [0.25, 0.3) is 32.5 Å². The first-order valence-corrected chi connectivity index (χ1v) is 10.5. The van der Waals surface area contributed by atoms with E-state index in [1.165, 1.54) is 27.6 Å². The van der Waals surface area contributed by atoms with Gasteiger partial charge in [0, 0.05) is 37.1 Å². The number of piperazine rings is 1. The topological polar surface area (TPSA) is 32.3 Å². The Hall–Kier alpha value is -2.76. The zero-order valence-corrected chi connectivity index (χ0v) is 16.7. The van der Waals surface area contributed by atoms with Crippen LogP contribution in [-0.2, 0) is 0 Å². The molecule has 1 fully saturated rings. The maximum atomic E-state index is 4.68. The molecule has 0 N–H and O–H groups in total. The van der Waals surface area contributed by atoms with E-state index in [1.807, 2.05) is 0 Å². The van der Waals surface area contributed by atoms with Crippen LogP contribution in [-0.4, -0.2) is 48.1 Å². The summed E-state index contributed by atoms with van der Waals surface area (Å²) in [5.74, 6) is 1.07. The second kappa shape index (κ2) is 7.34. The van der Waals surface area contributed by atoms with E-state index < -0.39 is 0 Å². The first kappa shape index (κ1) is 17.3. The number of hydrogen-bond donors (Lipinski definition) is 0. The van der Waals surface area contributed by atoms with E-state index in [9.17, 15) is 0 Å². The van der Waals surface area contributed by atoms with Crippen LogP contribution in [0.2, 0.25) is 0 Å². The van der Waals surface area contributed by atoms with Crippen LogP contribution in [0.1, 0.15) is 0 Å². The van der Waals surface area contributed by atoms with Gasteiger partial charge in [-0.15, -0.1) is 11.3 Å². The van der Waals surface area contributed by atoms with E-state index >= 15 is 0 Å². The highest BCUT2D eigenvalue weighted by atomic mass is 32.1. The van der Waals surface area contributed by atoms with Crippen molar-refractivity contribution in [1.82, 2.24) is 14.9 Å². The lowest BCUT2D eigenvalue weighted by Gasteiger charge is -2.33. The molecule has 0 amide bonds. The lowest BCUT2D eigenvalue weighted by molar-refractivity contribution is 0.312. The summed E-state index contributed by atoms with van der Waals surface area (Å²) in [4.78, 5) is 15.0. The van der Waals surface area contributed by atoms with Gasteiger partial charge in [0.1, 0.15) is 17.0 Å². The maximum Gasteiger partial charge on any atom is 0.141 e. The van der Waals surface area contributed by atoms with Crippen LogP contribution in [0.5, 0.6) is 0 Å². The Morgan fingerprint density at radius 2 is 1.46 bits per heavy atom. The third-order valence-electron chi connectivity index (χ3n) is 5.46. The first-order valence-electron chi connectivity index (χ1n) is 9.61. The van der Waals surface area contributed by atoms with Gasteiger partial charge >= 0.3 is 0 Å². The minimum atomic E-state index is 1.00. The molecule has 0 spiro atoms. The number of hydrogen-bond acceptors (Lipinski definition) is 5. The van der Waals surface area contributed by atoms with Crippen LogP contribution >= 0.6 is 11.3 Å². The summed E-state index contributed by atoms with van der Waals surface area (Å²) in [5, 5.41) is 3.40. The fraction of sp³-hybridized carbons (Fsp3) is 0.217. The fourth-order valence-corrected chi connectivity index (χ4v) is 4.71. The molecule has 140 valence electrons.